The van der Waals surface area contributed by atoms with Crippen LogP contribution in [0.4, 0.5) is 17.6 Å². The summed E-state index contributed by atoms with van der Waals surface area (Å²) in [6.45, 7) is 0. The Kier molecular flexibility index (Phi) is 2.83. The van der Waals surface area contributed by atoms with Gasteiger partial charge in [-0.25, -0.2) is 21.6 Å². The molecule has 3 nitrogen and oxygen atoms in total. The average Bonchev–Trinajstić information content (AvgIpc) is 2.09. The first-order chi connectivity index (χ1) is 6.68. The van der Waals surface area contributed by atoms with Crippen LogP contribution in [0.1, 0.15) is 0 Å². The van der Waals surface area contributed by atoms with Crippen LogP contribution in [-0.2, 0) is 9.05 Å². The van der Waals surface area contributed by atoms with Crippen LogP contribution in [0.3, 0.4) is 0 Å². The average molecular weight is 265 g/mol. The fraction of sp³-hybridized carbons (Fsp3) is 0. The van der Waals surface area contributed by atoms with Gasteiger partial charge in [-0.2, -0.15) is 4.39 Å². The quantitative estimate of drug-likeness (QED) is 0.365. The molecule has 0 fully saturated rings. The molecule has 0 aliphatic heterocycles. The first-order valence-electron chi connectivity index (χ1n) is 3.17. The van der Waals surface area contributed by atoms with Gasteiger partial charge in [-0.3, -0.25) is 0 Å². The van der Waals surface area contributed by atoms with Crippen molar-refractivity contribution in [3.05, 3.63) is 23.3 Å². The minimum Gasteiger partial charge on any atom is -0.504 e. The highest BCUT2D eigenvalue weighted by atomic mass is 35.7. The predicted octanol–water partition coefficient (Wildman–Crippen LogP) is 1.88. The van der Waals surface area contributed by atoms with E-state index in [0.717, 1.165) is 0 Å². The summed E-state index contributed by atoms with van der Waals surface area (Å²) in [7, 11) is -0.344. The van der Waals surface area contributed by atoms with Gasteiger partial charge in [-0.1, -0.05) is 0 Å². The van der Waals surface area contributed by atoms with E-state index in [1.807, 2.05) is 0 Å². The molecule has 0 saturated carbocycles. The van der Waals surface area contributed by atoms with E-state index in [9.17, 15) is 26.0 Å². The highest BCUT2D eigenvalue weighted by molar-refractivity contribution is 8.13. The van der Waals surface area contributed by atoms with E-state index in [1.165, 1.54) is 0 Å². The Balaban J connectivity index is 3.84. The summed E-state index contributed by atoms with van der Waals surface area (Å²) < 4.78 is 71.6. The molecule has 0 radical (unpaired) electrons. The molecule has 0 saturated heterocycles. The Bertz CT molecular complexity index is 499. The highest BCUT2D eigenvalue weighted by Crippen LogP contribution is 2.34. The Morgan fingerprint density at radius 3 is 1.73 bits per heavy atom. The normalized spacial score (nSPS) is 11.8. The van der Waals surface area contributed by atoms with Crippen LogP contribution >= 0.6 is 10.7 Å². The minimum atomic E-state index is -4.93. The zero-order chi connectivity index (χ0) is 12.0. The predicted molar refractivity (Wildman–Crippen MR) is 41.0 cm³/mol. The Hall–Kier alpha value is -1.02. The molecule has 0 aliphatic rings. The van der Waals surface area contributed by atoms with Crippen molar-refractivity contribution in [2.45, 2.75) is 4.90 Å². The van der Waals surface area contributed by atoms with Gasteiger partial charge in [-0.05, 0) is 0 Å². The van der Waals surface area contributed by atoms with E-state index in [0.29, 0.717) is 0 Å². The highest BCUT2D eigenvalue weighted by Gasteiger charge is 2.31. The summed E-state index contributed by atoms with van der Waals surface area (Å²) in [6, 6.07) is 0. The van der Waals surface area contributed by atoms with Gasteiger partial charge in [0.15, 0.2) is 22.3 Å². The lowest BCUT2D eigenvalue weighted by atomic mass is 10.3. The van der Waals surface area contributed by atoms with Gasteiger partial charge in [0, 0.05) is 10.7 Å². The Morgan fingerprint density at radius 2 is 1.33 bits per heavy atom. The van der Waals surface area contributed by atoms with E-state index < -0.39 is 43.0 Å². The molecule has 1 aromatic rings. The molecular formula is C6HClF4O3S. The standard InChI is InChI=1S/C6HClF4O3S/c7-15(13,14)6-4(11)2(9)1(8)3(10)5(6)12/h12H. The van der Waals surface area contributed by atoms with Crippen molar-refractivity contribution in [1.82, 2.24) is 0 Å². The van der Waals surface area contributed by atoms with E-state index in [-0.39, 0.29) is 0 Å². The maximum absolute atomic E-state index is 12.8. The molecule has 1 rings (SSSR count). The Labute approximate surface area is 85.3 Å². The number of phenols is 1. The van der Waals surface area contributed by atoms with E-state index in [4.69, 9.17) is 5.11 Å². The summed E-state index contributed by atoms with van der Waals surface area (Å²) in [5, 5.41) is 8.73. The lowest BCUT2D eigenvalue weighted by Crippen LogP contribution is -2.05. The van der Waals surface area contributed by atoms with E-state index in [1.54, 1.807) is 0 Å². The monoisotopic (exact) mass is 264 g/mol. The smallest absolute Gasteiger partial charge is 0.268 e. The van der Waals surface area contributed by atoms with Crippen molar-refractivity contribution in [2.24, 2.45) is 0 Å². The largest absolute Gasteiger partial charge is 0.504 e. The summed E-state index contributed by atoms with van der Waals surface area (Å²) >= 11 is 0. The molecule has 0 atom stereocenters. The molecule has 0 aliphatic carbocycles. The molecule has 84 valence electrons. The number of rotatable bonds is 1. The SMILES string of the molecule is O=S(=O)(Cl)c1c(O)c(F)c(F)c(F)c1F. The molecule has 1 N–H and O–H groups in total. The van der Waals surface area contributed by atoms with Gasteiger partial charge in [0.2, 0.25) is 11.6 Å². The van der Waals surface area contributed by atoms with Gasteiger partial charge >= 0.3 is 0 Å². The van der Waals surface area contributed by atoms with Crippen LogP contribution in [0.15, 0.2) is 4.90 Å². The summed E-state index contributed by atoms with van der Waals surface area (Å²) in [6.07, 6.45) is 0. The fourth-order valence-electron chi connectivity index (χ4n) is 0.822. The number of phenolic OH excluding ortho intramolecular Hbond substituents is 1. The zero-order valence-corrected chi connectivity index (χ0v) is 8.13. The number of benzene rings is 1. The van der Waals surface area contributed by atoms with E-state index in [2.05, 4.69) is 10.7 Å². The zero-order valence-electron chi connectivity index (χ0n) is 6.56. The second kappa shape index (κ2) is 3.53. The van der Waals surface area contributed by atoms with Gasteiger partial charge in [0.05, 0.1) is 0 Å². The lowest BCUT2D eigenvalue weighted by Gasteiger charge is -2.05. The van der Waals surface area contributed by atoms with Crippen molar-refractivity contribution in [1.29, 1.82) is 0 Å². The number of hydrogen-bond donors (Lipinski definition) is 1. The third kappa shape index (κ3) is 1.86. The van der Waals surface area contributed by atoms with Crippen molar-refractivity contribution < 1.29 is 31.1 Å². The summed E-state index contributed by atoms with van der Waals surface area (Å²) in [5.41, 5.74) is 0. The van der Waals surface area contributed by atoms with Crippen molar-refractivity contribution in [2.75, 3.05) is 0 Å². The van der Waals surface area contributed by atoms with Gasteiger partial charge < -0.3 is 5.11 Å². The van der Waals surface area contributed by atoms with Gasteiger partial charge in [-0.15, -0.1) is 0 Å². The Morgan fingerprint density at radius 1 is 0.933 bits per heavy atom. The molecule has 0 aromatic heterocycles. The van der Waals surface area contributed by atoms with Crippen LogP contribution < -0.4 is 0 Å². The maximum Gasteiger partial charge on any atom is 0.268 e. The minimum absolute atomic E-state index is 1.83. The van der Waals surface area contributed by atoms with Crippen molar-refractivity contribution in [3.8, 4) is 5.75 Å². The second-order valence-electron chi connectivity index (χ2n) is 2.37. The molecule has 0 spiro atoms. The molecule has 15 heavy (non-hydrogen) atoms. The van der Waals surface area contributed by atoms with Gasteiger partial charge in [0.25, 0.3) is 9.05 Å². The number of aromatic hydroxyl groups is 1. The summed E-state index contributed by atoms with van der Waals surface area (Å²) in [4.78, 5) is -1.83. The van der Waals surface area contributed by atoms with Crippen LogP contribution in [0.2, 0.25) is 0 Å². The second-order valence-corrected chi connectivity index (χ2v) is 4.87. The van der Waals surface area contributed by atoms with Crippen LogP contribution in [0, 0.1) is 23.3 Å². The molecule has 1 aromatic carbocycles. The number of hydrogen-bond acceptors (Lipinski definition) is 3. The van der Waals surface area contributed by atoms with Gasteiger partial charge in [0.1, 0.15) is 0 Å². The third-order valence-corrected chi connectivity index (χ3v) is 2.77. The first kappa shape index (κ1) is 12.1. The van der Waals surface area contributed by atoms with Crippen molar-refractivity contribution in [3.63, 3.8) is 0 Å². The van der Waals surface area contributed by atoms with Crippen molar-refractivity contribution >= 4 is 19.7 Å². The topological polar surface area (TPSA) is 54.4 Å². The van der Waals surface area contributed by atoms with Crippen LogP contribution in [0.25, 0.3) is 0 Å². The maximum atomic E-state index is 12.8. The van der Waals surface area contributed by atoms with Crippen LogP contribution in [0.5, 0.6) is 5.75 Å². The lowest BCUT2D eigenvalue weighted by molar-refractivity contribution is 0.346. The third-order valence-electron chi connectivity index (χ3n) is 1.44. The fourth-order valence-corrected chi connectivity index (χ4v) is 1.87. The van der Waals surface area contributed by atoms with Crippen LogP contribution in [-0.4, -0.2) is 13.5 Å². The molecule has 9 heteroatoms. The molecule has 0 heterocycles. The first-order valence-corrected chi connectivity index (χ1v) is 5.48. The molecule has 0 bridgehead atoms. The number of halogens is 5. The van der Waals surface area contributed by atoms with E-state index >= 15 is 0 Å². The summed E-state index contributed by atoms with van der Waals surface area (Å²) in [5.74, 6) is -11.1. The molecule has 0 amide bonds. The molecule has 0 unspecified atom stereocenters. The molecular weight excluding hydrogens is 264 g/mol.